The van der Waals surface area contributed by atoms with Crippen LogP contribution in [0.15, 0.2) is 53.0 Å². The van der Waals surface area contributed by atoms with Crippen LogP contribution in [0.5, 0.6) is 11.8 Å². The number of likely N-dealkylation sites (tertiary alicyclic amines) is 1. The summed E-state index contributed by atoms with van der Waals surface area (Å²) in [5.74, 6) is 0.721. The van der Waals surface area contributed by atoms with Crippen LogP contribution >= 0.6 is 15.9 Å². The third-order valence-electron chi connectivity index (χ3n) is 8.16. The second-order valence-corrected chi connectivity index (χ2v) is 12.2. The average molecular weight is 648 g/mol. The summed E-state index contributed by atoms with van der Waals surface area (Å²) in [5, 5.41) is 8.92. The summed E-state index contributed by atoms with van der Waals surface area (Å²) in [4.78, 5) is 15.1. The number of hydrogen-bond acceptors (Lipinski definition) is 6. The lowest BCUT2D eigenvalue weighted by atomic mass is 10.1. The fraction of sp³-hybridized carbons (Fsp3) is 0.375. The third-order valence-corrected chi connectivity index (χ3v) is 8.62. The van der Waals surface area contributed by atoms with E-state index < -0.39 is 5.82 Å². The maximum atomic E-state index is 14.9. The number of rotatable bonds is 10. The number of nitriles is 1. The van der Waals surface area contributed by atoms with Gasteiger partial charge in [-0.05, 0) is 49.9 Å². The van der Waals surface area contributed by atoms with E-state index in [2.05, 4.69) is 35.2 Å². The van der Waals surface area contributed by atoms with E-state index in [1.807, 2.05) is 12.1 Å². The Morgan fingerprint density at radius 3 is 2.58 bits per heavy atom. The van der Waals surface area contributed by atoms with Crippen molar-refractivity contribution in [3.63, 3.8) is 0 Å². The van der Waals surface area contributed by atoms with Crippen molar-refractivity contribution in [3.05, 3.63) is 93.0 Å². The largest absolute Gasteiger partial charge is 0.474 e. The molecular weight excluding hydrogens is 618 g/mol. The van der Waals surface area contributed by atoms with Gasteiger partial charge in [0.05, 0.1) is 29.1 Å². The Morgan fingerprint density at radius 1 is 1.07 bits per heavy atom. The quantitative estimate of drug-likeness (QED) is 0.179. The fourth-order valence-electron chi connectivity index (χ4n) is 5.52. The zero-order chi connectivity index (χ0) is 30.0. The molecule has 2 aromatic heterocycles. The number of aromatic nitrogens is 3. The van der Waals surface area contributed by atoms with E-state index in [0.29, 0.717) is 46.9 Å². The van der Waals surface area contributed by atoms with E-state index in [-0.39, 0.29) is 29.5 Å². The van der Waals surface area contributed by atoms with Crippen LogP contribution < -0.4 is 9.47 Å². The SMILES string of the molecule is [C-]#[N+]CC1(Cn2c(CN3CCC(Oc4cccc(OCc5ccc(C#N)cc5F)n4)CC3)nc3c(F)cc(Br)cc32)CC1. The number of fused-ring (bicyclic) bond motifs is 1. The highest BCUT2D eigenvalue weighted by molar-refractivity contribution is 9.10. The summed E-state index contributed by atoms with van der Waals surface area (Å²) >= 11 is 3.42. The van der Waals surface area contributed by atoms with Gasteiger partial charge in [0.2, 0.25) is 18.3 Å². The number of pyridine rings is 1. The molecule has 3 heterocycles. The lowest BCUT2D eigenvalue weighted by Gasteiger charge is -2.31. The Morgan fingerprint density at radius 2 is 1.86 bits per heavy atom. The van der Waals surface area contributed by atoms with Gasteiger partial charge in [-0.1, -0.05) is 28.1 Å². The minimum absolute atomic E-state index is 0.0169. The van der Waals surface area contributed by atoms with E-state index in [1.165, 1.54) is 18.2 Å². The second-order valence-electron chi connectivity index (χ2n) is 11.3. The molecular formula is C32H29BrF2N6O2. The van der Waals surface area contributed by atoms with Gasteiger partial charge in [-0.3, -0.25) is 4.90 Å². The molecule has 0 spiro atoms. The lowest BCUT2D eigenvalue weighted by Crippen LogP contribution is -2.38. The van der Waals surface area contributed by atoms with Crippen molar-refractivity contribution in [2.75, 3.05) is 19.6 Å². The number of benzene rings is 2. The minimum Gasteiger partial charge on any atom is -0.474 e. The summed E-state index contributed by atoms with van der Waals surface area (Å²) in [6.07, 6.45) is 3.53. The summed E-state index contributed by atoms with van der Waals surface area (Å²) in [6, 6.07) is 14.8. The first-order valence-electron chi connectivity index (χ1n) is 14.2. The molecule has 1 saturated carbocycles. The smallest absolute Gasteiger partial charge is 0.221 e. The van der Waals surface area contributed by atoms with Crippen molar-refractivity contribution in [1.82, 2.24) is 19.4 Å². The summed E-state index contributed by atoms with van der Waals surface area (Å²) < 4.78 is 43.7. The van der Waals surface area contributed by atoms with Crippen molar-refractivity contribution >= 4 is 27.0 Å². The number of nitrogens with zero attached hydrogens (tertiary/aromatic N) is 6. The summed E-state index contributed by atoms with van der Waals surface area (Å²) in [7, 11) is 0. The Bertz CT molecular complexity index is 1730. The van der Waals surface area contributed by atoms with Gasteiger partial charge in [-0.2, -0.15) is 10.2 Å². The van der Waals surface area contributed by atoms with Gasteiger partial charge in [0, 0.05) is 41.8 Å². The van der Waals surface area contributed by atoms with Crippen LogP contribution in [0, 0.1) is 35.0 Å². The van der Waals surface area contributed by atoms with Gasteiger partial charge in [-0.25, -0.2) is 20.3 Å². The molecule has 4 aromatic rings. The Balaban J connectivity index is 1.07. The van der Waals surface area contributed by atoms with Crippen LogP contribution in [0.4, 0.5) is 8.78 Å². The van der Waals surface area contributed by atoms with Crippen molar-refractivity contribution in [2.24, 2.45) is 5.41 Å². The summed E-state index contributed by atoms with van der Waals surface area (Å²) in [6.45, 7) is 10.6. The van der Waals surface area contributed by atoms with Crippen LogP contribution in [-0.4, -0.2) is 45.2 Å². The monoisotopic (exact) mass is 646 g/mol. The molecule has 6 rings (SSSR count). The predicted molar refractivity (Wildman–Crippen MR) is 159 cm³/mol. The third kappa shape index (κ3) is 6.64. The summed E-state index contributed by atoms with van der Waals surface area (Å²) in [5.41, 5.74) is 1.66. The van der Waals surface area contributed by atoms with Crippen LogP contribution in [-0.2, 0) is 19.7 Å². The molecule has 0 atom stereocenters. The van der Waals surface area contributed by atoms with Crippen LogP contribution in [0.2, 0.25) is 0 Å². The van der Waals surface area contributed by atoms with Crippen molar-refractivity contribution in [3.8, 4) is 17.8 Å². The van der Waals surface area contributed by atoms with E-state index in [1.54, 1.807) is 24.3 Å². The van der Waals surface area contributed by atoms with Crippen LogP contribution in [0.25, 0.3) is 15.9 Å². The highest BCUT2D eigenvalue weighted by Gasteiger charge is 2.47. The standard InChI is InChI=1S/C32H29BrF2N6O2/c1-37-19-32(9-10-32)20-41-27-15-23(33)14-26(35)31(27)38-28(41)17-40-11-7-24(8-12-40)43-30-4-2-3-29(39-30)42-18-22-6-5-21(16-36)13-25(22)34/h2-6,13-15,24H,7-12,17-20H2. The molecule has 0 N–H and O–H groups in total. The highest BCUT2D eigenvalue weighted by Crippen LogP contribution is 2.48. The molecule has 0 unspecified atom stereocenters. The van der Waals surface area contributed by atoms with Crippen molar-refractivity contribution in [1.29, 1.82) is 5.26 Å². The zero-order valence-electron chi connectivity index (χ0n) is 23.4. The fourth-order valence-corrected chi connectivity index (χ4v) is 5.94. The topological polar surface area (TPSA) is 80.6 Å². The Hall–Kier alpha value is -4.06. The van der Waals surface area contributed by atoms with Crippen LogP contribution in [0.3, 0.4) is 0 Å². The van der Waals surface area contributed by atoms with Crippen molar-refractivity contribution in [2.45, 2.75) is 51.5 Å². The number of ether oxygens (including phenoxy) is 2. The molecule has 0 bridgehead atoms. The molecule has 2 aromatic carbocycles. The van der Waals surface area contributed by atoms with E-state index >= 15 is 0 Å². The molecule has 2 aliphatic rings. The maximum Gasteiger partial charge on any atom is 0.221 e. The molecule has 1 aliphatic heterocycles. The average Bonchev–Trinajstić information content (AvgIpc) is 3.68. The minimum atomic E-state index is -0.498. The lowest BCUT2D eigenvalue weighted by molar-refractivity contribution is 0.0904. The molecule has 8 nitrogen and oxygen atoms in total. The molecule has 1 saturated heterocycles. The predicted octanol–water partition coefficient (Wildman–Crippen LogP) is 6.67. The second kappa shape index (κ2) is 12.3. The number of hydrogen-bond donors (Lipinski definition) is 0. The number of halogens is 3. The molecule has 2 fully saturated rings. The Labute approximate surface area is 256 Å². The first-order chi connectivity index (χ1) is 20.8. The van der Waals surface area contributed by atoms with Crippen LogP contribution in [0.1, 0.15) is 42.6 Å². The van der Waals surface area contributed by atoms with Gasteiger partial charge in [0.1, 0.15) is 29.9 Å². The normalized spacial score (nSPS) is 16.5. The van der Waals surface area contributed by atoms with Gasteiger partial charge in [-0.15, -0.1) is 0 Å². The molecule has 1 aliphatic carbocycles. The molecule has 0 radical (unpaired) electrons. The van der Waals surface area contributed by atoms with Gasteiger partial charge in [0.25, 0.3) is 0 Å². The first-order valence-corrected chi connectivity index (χ1v) is 15.0. The van der Waals surface area contributed by atoms with E-state index in [0.717, 1.165) is 50.1 Å². The highest BCUT2D eigenvalue weighted by atomic mass is 79.9. The number of piperidine rings is 1. The Kier molecular flexibility index (Phi) is 8.29. The molecule has 0 amide bonds. The van der Waals surface area contributed by atoms with Crippen molar-refractivity contribution < 1.29 is 18.3 Å². The zero-order valence-corrected chi connectivity index (χ0v) is 25.0. The molecule has 11 heteroatoms. The number of imidazole rings is 1. The van der Waals surface area contributed by atoms with Gasteiger partial charge >= 0.3 is 0 Å². The van der Waals surface area contributed by atoms with E-state index in [9.17, 15) is 8.78 Å². The maximum absolute atomic E-state index is 14.9. The van der Waals surface area contributed by atoms with Gasteiger partial charge in [0.15, 0.2) is 5.82 Å². The van der Waals surface area contributed by atoms with E-state index in [4.69, 9.17) is 26.3 Å². The molecule has 43 heavy (non-hydrogen) atoms. The van der Waals surface area contributed by atoms with Gasteiger partial charge < -0.3 is 18.9 Å². The molecule has 220 valence electrons. The first kappa shape index (κ1) is 29.0.